The van der Waals surface area contributed by atoms with E-state index in [1.165, 1.54) is 0 Å². The Hall–Kier alpha value is -3.46. The molecule has 0 N–H and O–H groups in total. The zero-order valence-corrected chi connectivity index (χ0v) is 23.0. The Balaban J connectivity index is 2.14. The first-order valence-electron chi connectivity index (χ1n) is 12.3. The van der Waals surface area contributed by atoms with Crippen LogP contribution in [-0.2, 0) is 9.09 Å². The number of carbonyl (C=O) groups is 2. The molecule has 0 amide bonds. The van der Waals surface area contributed by atoms with Crippen LogP contribution in [0.3, 0.4) is 0 Å². The molecule has 188 valence electrons. The molecular formula is C32H31O4P. The first-order valence-corrected chi connectivity index (χ1v) is 13.0. The van der Waals surface area contributed by atoms with Gasteiger partial charge in [-0.15, -0.1) is 0 Å². The minimum atomic E-state index is -1.84. The average Bonchev–Trinajstić information content (AvgIpc) is 2.88. The lowest BCUT2D eigenvalue weighted by molar-refractivity contribution is 0.0485. The van der Waals surface area contributed by atoms with Crippen LogP contribution in [0.15, 0.2) is 89.5 Å². The van der Waals surface area contributed by atoms with E-state index >= 15 is 0 Å². The molecule has 5 heteroatoms. The van der Waals surface area contributed by atoms with E-state index in [9.17, 15) is 14.2 Å². The zero-order chi connectivity index (χ0) is 26.9. The summed E-state index contributed by atoms with van der Waals surface area (Å²) in [6, 6.07) is 22.3. The highest BCUT2D eigenvalue weighted by molar-refractivity contribution is 7.17. The number of allylic oxidation sites excluding steroid dienone is 2. The van der Waals surface area contributed by atoms with Gasteiger partial charge in [-0.25, -0.2) is 4.57 Å². The molecule has 0 saturated heterocycles. The van der Waals surface area contributed by atoms with Crippen LogP contribution in [0.25, 0.3) is 5.57 Å². The number of Topliss-reactive ketones (excluding diaryl/α,β-unsaturated/α-hetero) is 2. The fraction of sp³-hybridized carbons (Fsp3) is 0.250. The van der Waals surface area contributed by atoms with Crippen molar-refractivity contribution in [2.75, 3.05) is 0 Å². The third kappa shape index (κ3) is 4.45. The predicted octanol–water partition coefficient (Wildman–Crippen LogP) is 8.08. The van der Waals surface area contributed by atoms with Gasteiger partial charge in [-0.3, -0.25) is 14.1 Å². The lowest BCUT2D eigenvalue weighted by atomic mass is 9.62. The standard InChI is InChI=1S/C32H31O4P/c1-19-17-20(2)27(21(3)18-19)31(34)32(36-37-35)28(25-13-9-7-10-14-25)23(5)22(4)24(6)29(32)30(33)26-15-11-8-12-16-26/h7-18,29H,1-6H3. The van der Waals surface area contributed by atoms with E-state index in [1.807, 2.05) is 90.1 Å². The summed E-state index contributed by atoms with van der Waals surface area (Å²) in [5.41, 5.74) is 5.50. The van der Waals surface area contributed by atoms with Crippen LogP contribution in [0.4, 0.5) is 0 Å². The van der Waals surface area contributed by atoms with E-state index in [0.717, 1.165) is 39.0 Å². The van der Waals surface area contributed by atoms with Crippen LogP contribution in [0, 0.1) is 26.7 Å². The van der Waals surface area contributed by atoms with Gasteiger partial charge in [0.25, 0.3) is 0 Å². The molecule has 37 heavy (non-hydrogen) atoms. The summed E-state index contributed by atoms with van der Waals surface area (Å²) in [5, 5.41) is 0. The second kappa shape index (κ2) is 10.5. The van der Waals surface area contributed by atoms with E-state index in [2.05, 4.69) is 0 Å². The van der Waals surface area contributed by atoms with Gasteiger partial charge in [0.15, 0.2) is 11.4 Å². The number of benzene rings is 3. The van der Waals surface area contributed by atoms with Crippen LogP contribution in [0.5, 0.6) is 0 Å². The van der Waals surface area contributed by atoms with Crippen LogP contribution >= 0.6 is 8.69 Å². The molecule has 1 aliphatic carbocycles. The summed E-state index contributed by atoms with van der Waals surface area (Å²) in [7, 11) is -0.684. The van der Waals surface area contributed by atoms with E-state index in [1.54, 1.807) is 24.3 Å². The van der Waals surface area contributed by atoms with Crippen LogP contribution in [0.1, 0.15) is 63.7 Å². The molecule has 0 radical (unpaired) electrons. The summed E-state index contributed by atoms with van der Waals surface area (Å²) in [5.74, 6) is -1.63. The second-order valence-electron chi connectivity index (χ2n) is 9.84. The predicted molar refractivity (Wildman–Crippen MR) is 148 cm³/mol. The largest absolute Gasteiger partial charge is 0.328 e. The average molecular weight is 511 g/mol. The molecule has 3 aromatic rings. The number of hydrogen-bond acceptors (Lipinski definition) is 4. The minimum absolute atomic E-state index is 0.252. The molecule has 0 bridgehead atoms. The van der Waals surface area contributed by atoms with Gasteiger partial charge < -0.3 is 0 Å². The van der Waals surface area contributed by atoms with Gasteiger partial charge in [-0.05, 0) is 69.4 Å². The Morgan fingerprint density at radius 1 is 0.784 bits per heavy atom. The Bertz CT molecular complexity index is 1430. The van der Waals surface area contributed by atoms with Gasteiger partial charge in [0.1, 0.15) is 0 Å². The van der Waals surface area contributed by atoms with Gasteiger partial charge in [0, 0.05) is 16.7 Å². The molecule has 0 aromatic heterocycles. The van der Waals surface area contributed by atoms with Crippen molar-refractivity contribution >= 4 is 25.8 Å². The summed E-state index contributed by atoms with van der Waals surface area (Å²) in [4.78, 5) is 29.2. The molecular weight excluding hydrogens is 479 g/mol. The lowest BCUT2D eigenvalue weighted by Crippen LogP contribution is -2.53. The first-order chi connectivity index (χ1) is 17.6. The summed E-state index contributed by atoms with van der Waals surface area (Å²) >= 11 is 0. The monoisotopic (exact) mass is 510 g/mol. The smallest absolute Gasteiger partial charge is 0.293 e. The van der Waals surface area contributed by atoms with E-state index in [-0.39, 0.29) is 11.6 Å². The minimum Gasteiger partial charge on any atom is -0.293 e. The van der Waals surface area contributed by atoms with Crippen LogP contribution in [-0.4, -0.2) is 17.2 Å². The maximum absolute atomic E-state index is 14.9. The second-order valence-corrected chi connectivity index (χ2v) is 10.2. The Kier molecular flexibility index (Phi) is 7.54. The maximum atomic E-state index is 14.9. The molecule has 4 rings (SSSR count). The fourth-order valence-corrected chi connectivity index (χ4v) is 6.18. The number of ketones is 2. The molecule has 2 unspecified atom stereocenters. The number of hydrogen-bond donors (Lipinski definition) is 0. The Morgan fingerprint density at radius 3 is 1.86 bits per heavy atom. The molecule has 2 atom stereocenters. The molecule has 0 heterocycles. The molecule has 0 saturated carbocycles. The van der Waals surface area contributed by atoms with Crippen molar-refractivity contribution in [3.05, 3.63) is 123 Å². The van der Waals surface area contributed by atoms with Crippen LogP contribution in [0.2, 0.25) is 0 Å². The topological polar surface area (TPSA) is 60.4 Å². The van der Waals surface area contributed by atoms with Gasteiger partial charge >= 0.3 is 8.69 Å². The highest BCUT2D eigenvalue weighted by Gasteiger charge is 2.58. The molecule has 4 nitrogen and oxygen atoms in total. The number of carbonyl (C=O) groups excluding carboxylic acids is 2. The third-order valence-electron chi connectivity index (χ3n) is 7.55. The van der Waals surface area contributed by atoms with Crippen molar-refractivity contribution in [1.82, 2.24) is 0 Å². The third-order valence-corrected chi connectivity index (χ3v) is 7.91. The van der Waals surface area contributed by atoms with Crippen molar-refractivity contribution < 1.29 is 18.7 Å². The van der Waals surface area contributed by atoms with E-state index in [4.69, 9.17) is 4.52 Å². The van der Waals surface area contributed by atoms with Gasteiger partial charge in [-0.1, -0.05) is 83.9 Å². The van der Waals surface area contributed by atoms with Crippen LogP contribution < -0.4 is 0 Å². The van der Waals surface area contributed by atoms with E-state index in [0.29, 0.717) is 16.7 Å². The van der Waals surface area contributed by atoms with Crippen molar-refractivity contribution in [3.63, 3.8) is 0 Å². The van der Waals surface area contributed by atoms with Crippen molar-refractivity contribution in [2.45, 2.75) is 47.1 Å². The van der Waals surface area contributed by atoms with Crippen molar-refractivity contribution in [2.24, 2.45) is 5.92 Å². The highest BCUT2D eigenvalue weighted by Crippen LogP contribution is 2.52. The van der Waals surface area contributed by atoms with E-state index < -0.39 is 20.2 Å². The molecule has 0 spiro atoms. The molecule has 1 aliphatic rings. The number of aryl methyl sites for hydroxylation is 3. The van der Waals surface area contributed by atoms with Gasteiger partial charge in [0.2, 0.25) is 5.78 Å². The Labute approximate surface area is 220 Å². The van der Waals surface area contributed by atoms with Crippen molar-refractivity contribution in [3.8, 4) is 0 Å². The normalized spacial score (nSPS) is 19.9. The summed E-state index contributed by atoms with van der Waals surface area (Å²) in [6.45, 7) is 11.5. The Morgan fingerprint density at radius 2 is 1.32 bits per heavy atom. The zero-order valence-electron chi connectivity index (χ0n) is 22.1. The van der Waals surface area contributed by atoms with Gasteiger partial charge in [-0.2, -0.15) is 0 Å². The molecule has 3 aromatic carbocycles. The maximum Gasteiger partial charge on any atom is 0.328 e. The molecule has 0 aliphatic heterocycles. The lowest BCUT2D eigenvalue weighted by Gasteiger charge is -2.44. The van der Waals surface area contributed by atoms with Gasteiger partial charge in [0.05, 0.1) is 5.92 Å². The fourth-order valence-electron chi connectivity index (χ4n) is 5.78. The molecule has 0 fully saturated rings. The van der Waals surface area contributed by atoms with Crippen molar-refractivity contribution in [1.29, 1.82) is 0 Å². The number of rotatable bonds is 7. The highest BCUT2D eigenvalue weighted by atomic mass is 31.1. The first kappa shape index (κ1) is 26.6. The summed E-state index contributed by atoms with van der Waals surface area (Å²) < 4.78 is 18.5. The SMILES string of the molecule is CC1=C(C)C(C(=O)c2ccccc2)C(OP=O)(C(=O)c2c(C)cc(C)cc2C)C(c2ccccc2)=C1C. The quantitative estimate of drug-likeness (QED) is 0.238. The summed E-state index contributed by atoms with van der Waals surface area (Å²) in [6.07, 6.45) is 0.